The molecule has 2 aliphatic heterocycles. The van der Waals surface area contributed by atoms with Crippen LogP contribution in [0.15, 0.2) is 0 Å². The molecule has 1 unspecified atom stereocenters. The van der Waals surface area contributed by atoms with E-state index >= 15 is 0 Å². The van der Waals surface area contributed by atoms with Gasteiger partial charge < -0.3 is 9.74 Å². The molecule has 3 N–H and O–H groups in total. The van der Waals surface area contributed by atoms with Gasteiger partial charge in [0.2, 0.25) is 0 Å². The third-order valence-corrected chi connectivity index (χ3v) is 3.96. The number of hydrazine groups is 1. The average Bonchev–Trinajstić information content (AvgIpc) is 2.87. The number of nitrogens with one attached hydrogen (secondary N) is 1. The molecule has 18 heavy (non-hydrogen) atoms. The van der Waals surface area contributed by atoms with Crippen LogP contribution in [-0.4, -0.2) is 54.5 Å². The van der Waals surface area contributed by atoms with Crippen molar-refractivity contribution in [1.82, 2.24) is 15.4 Å². The molecule has 0 bridgehead atoms. The van der Waals surface area contributed by atoms with Crippen LogP contribution < -0.4 is 11.4 Å². The Kier molecular flexibility index (Phi) is 5.37. The largest absolute Gasteiger partial charge is 0.356 e. The molecular formula is C12H24N4O2. The van der Waals surface area contributed by atoms with Crippen LogP contribution in [-0.2, 0) is 9.63 Å². The van der Waals surface area contributed by atoms with Gasteiger partial charge in [-0.15, -0.1) is 0 Å². The van der Waals surface area contributed by atoms with E-state index in [0.717, 1.165) is 19.6 Å². The Labute approximate surface area is 108 Å². The first-order valence-corrected chi connectivity index (χ1v) is 6.91. The van der Waals surface area contributed by atoms with Crippen LogP contribution in [0.25, 0.3) is 0 Å². The van der Waals surface area contributed by atoms with Crippen LogP contribution in [0.2, 0.25) is 0 Å². The lowest BCUT2D eigenvalue weighted by Crippen LogP contribution is -2.41. The van der Waals surface area contributed by atoms with Crippen LogP contribution in [0.3, 0.4) is 0 Å². The lowest BCUT2D eigenvalue weighted by Gasteiger charge is -2.32. The number of carbonyl (C=O) groups is 1. The van der Waals surface area contributed by atoms with Gasteiger partial charge in [0.25, 0.3) is 0 Å². The number of carbonyl (C=O) groups excluding carboxylic acids is 1. The van der Waals surface area contributed by atoms with E-state index in [1.807, 2.05) is 5.59 Å². The summed E-state index contributed by atoms with van der Waals surface area (Å²) < 4.78 is 0. The van der Waals surface area contributed by atoms with E-state index in [1.165, 1.54) is 38.8 Å². The highest BCUT2D eigenvalue weighted by Gasteiger charge is 2.28. The summed E-state index contributed by atoms with van der Waals surface area (Å²) in [5.74, 6) is 4.63. The van der Waals surface area contributed by atoms with Crippen molar-refractivity contribution in [3.63, 3.8) is 0 Å². The van der Waals surface area contributed by atoms with Gasteiger partial charge in [-0.25, -0.2) is 5.84 Å². The second-order valence-corrected chi connectivity index (χ2v) is 5.18. The molecule has 0 aromatic carbocycles. The van der Waals surface area contributed by atoms with Crippen molar-refractivity contribution in [1.29, 1.82) is 0 Å². The van der Waals surface area contributed by atoms with Gasteiger partial charge in [-0.1, -0.05) is 12.0 Å². The van der Waals surface area contributed by atoms with Gasteiger partial charge in [-0.05, 0) is 38.9 Å². The Bertz CT molecular complexity index is 269. The number of nitrogens with zero attached hydrogens (tertiary/aromatic N) is 2. The fraction of sp³-hybridized carbons (Fsp3) is 0.917. The lowest BCUT2D eigenvalue weighted by molar-refractivity contribution is -0.151. The van der Waals surface area contributed by atoms with E-state index in [1.54, 1.807) is 0 Å². The van der Waals surface area contributed by atoms with Crippen LogP contribution in [0.4, 0.5) is 0 Å². The van der Waals surface area contributed by atoms with Gasteiger partial charge in [0.15, 0.2) is 0 Å². The maximum atomic E-state index is 11.2. The van der Waals surface area contributed by atoms with Crippen LogP contribution in [0, 0.1) is 0 Å². The molecule has 1 atom stereocenters. The van der Waals surface area contributed by atoms with Crippen molar-refractivity contribution in [3.8, 4) is 0 Å². The molecule has 2 fully saturated rings. The standard InChI is InChI=1S/C12H24N4O2/c13-14-18-12(17)5-9-15-8-4-11(10-15)16-6-2-1-3-7-16/h11,14H,1-10,13H2. The average molecular weight is 256 g/mol. The fourth-order valence-corrected chi connectivity index (χ4v) is 2.96. The first kappa shape index (κ1) is 13.7. The summed E-state index contributed by atoms with van der Waals surface area (Å²) in [6.07, 6.45) is 5.68. The van der Waals surface area contributed by atoms with Crippen molar-refractivity contribution >= 4 is 5.97 Å². The molecule has 0 spiro atoms. The predicted octanol–water partition coefficient (Wildman–Crippen LogP) is -0.142. The van der Waals surface area contributed by atoms with Crippen LogP contribution in [0.5, 0.6) is 0 Å². The van der Waals surface area contributed by atoms with Gasteiger partial charge >= 0.3 is 5.97 Å². The molecule has 0 amide bonds. The summed E-state index contributed by atoms with van der Waals surface area (Å²) in [5, 5.41) is 0. The zero-order valence-corrected chi connectivity index (χ0v) is 10.9. The van der Waals surface area contributed by atoms with E-state index in [-0.39, 0.29) is 5.97 Å². The molecule has 2 heterocycles. The quantitative estimate of drug-likeness (QED) is 0.527. The van der Waals surface area contributed by atoms with Gasteiger partial charge in [0, 0.05) is 19.1 Å². The minimum Gasteiger partial charge on any atom is -0.356 e. The number of hydrogen-bond donors (Lipinski definition) is 2. The maximum Gasteiger partial charge on any atom is 0.327 e. The third-order valence-electron chi connectivity index (χ3n) is 3.96. The summed E-state index contributed by atoms with van der Waals surface area (Å²) >= 11 is 0. The van der Waals surface area contributed by atoms with Crippen LogP contribution >= 0.6 is 0 Å². The molecule has 2 aliphatic rings. The Morgan fingerprint density at radius 2 is 2.06 bits per heavy atom. The lowest BCUT2D eigenvalue weighted by atomic mass is 10.1. The second kappa shape index (κ2) is 7.04. The molecule has 2 saturated heterocycles. The summed E-state index contributed by atoms with van der Waals surface area (Å²) in [6, 6.07) is 0.689. The number of hydrogen-bond acceptors (Lipinski definition) is 6. The number of nitrogens with two attached hydrogens (primary N) is 1. The highest BCUT2D eigenvalue weighted by Crippen LogP contribution is 2.20. The van der Waals surface area contributed by atoms with E-state index in [4.69, 9.17) is 5.84 Å². The van der Waals surface area contributed by atoms with Gasteiger partial charge in [0.05, 0.1) is 6.42 Å². The minimum atomic E-state index is -0.293. The van der Waals surface area contributed by atoms with E-state index in [0.29, 0.717) is 12.5 Å². The SMILES string of the molecule is NNOC(=O)CCN1CCC(N2CCCCC2)C1. The fourth-order valence-electron chi connectivity index (χ4n) is 2.96. The normalized spacial score (nSPS) is 26.4. The zero-order chi connectivity index (χ0) is 12.8. The van der Waals surface area contributed by atoms with Gasteiger partial charge in [0.1, 0.15) is 0 Å². The number of rotatable bonds is 5. The minimum absolute atomic E-state index is 0.293. The van der Waals surface area contributed by atoms with E-state index in [9.17, 15) is 4.79 Å². The van der Waals surface area contributed by atoms with Crippen LogP contribution in [0.1, 0.15) is 32.1 Å². The Morgan fingerprint density at radius 1 is 1.28 bits per heavy atom. The third kappa shape index (κ3) is 3.91. The van der Waals surface area contributed by atoms with Crippen molar-refractivity contribution in [2.24, 2.45) is 5.84 Å². The van der Waals surface area contributed by atoms with Crippen molar-refractivity contribution in [2.75, 3.05) is 32.7 Å². The highest BCUT2D eigenvalue weighted by atomic mass is 16.7. The summed E-state index contributed by atoms with van der Waals surface area (Å²) in [4.78, 5) is 20.6. The van der Waals surface area contributed by atoms with Gasteiger partial charge in [-0.3, -0.25) is 9.69 Å². The second-order valence-electron chi connectivity index (χ2n) is 5.18. The summed E-state index contributed by atoms with van der Waals surface area (Å²) in [7, 11) is 0. The molecule has 0 saturated carbocycles. The molecule has 0 radical (unpaired) electrons. The smallest absolute Gasteiger partial charge is 0.327 e. The van der Waals surface area contributed by atoms with Crippen molar-refractivity contribution < 1.29 is 9.63 Å². The first-order valence-electron chi connectivity index (χ1n) is 6.91. The molecule has 0 aromatic rings. The molecule has 104 valence electrons. The summed E-state index contributed by atoms with van der Waals surface area (Å²) in [5.41, 5.74) is 1.93. The first-order chi connectivity index (χ1) is 8.79. The molecule has 6 nitrogen and oxygen atoms in total. The number of likely N-dealkylation sites (tertiary alicyclic amines) is 2. The van der Waals surface area contributed by atoms with Crippen molar-refractivity contribution in [3.05, 3.63) is 0 Å². The van der Waals surface area contributed by atoms with E-state index in [2.05, 4.69) is 14.6 Å². The molecule has 2 rings (SSSR count). The molecule has 6 heteroatoms. The topological polar surface area (TPSA) is 70.8 Å². The number of piperidine rings is 1. The van der Waals surface area contributed by atoms with Gasteiger partial charge in [-0.2, -0.15) is 0 Å². The molecule has 0 aliphatic carbocycles. The Balaban J connectivity index is 1.66. The zero-order valence-electron chi connectivity index (χ0n) is 10.9. The highest BCUT2D eigenvalue weighted by molar-refractivity contribution is 5.69. The molecular weight excluding hydrogens is 232 g/mol. The summed E-state index contributed by atoms with van der Waals surface area (Å²) in [6.45, 7) is 5.44. The molecule has 0 aromatic heterocycles. The van der Waals surface area contributed by atoms with Crippen molar-refractivity contribution in [2.45, 2.75) is 38.1 Å². The maximum absolute atomic E-state index is 11.2. The monoisotopic (exact) mass is 256 g/mol. The Hall–Kier alpha value is -0.690. The Morgan fingerprint density at radius 3 is 2.78 bits per heavy atom. The predicted molar refractivity (Wildman–Crippen MR) is 68.3 cm³/mol. The van der Waals surface area contributed by atoms with E-state index < -0.39 is 0 Å².